The highest BCUT2D eigenvalue weighted by atomic mass is 15.5. The van der Waals surface area contributed by atoms with Gasteiger partial charge in [0.15, 0.2) is 5.84 Å². The first kappa shape index (κ1) is 10.6. The summed E-state index contributed by atoms with van der Waals surface area (Å²) in [5.74, 6) is 5.91. The molecule has 0 amide bonds. The second-order valence-electron chi connectivity index (χ2n) is 3.99. The smallest absolute Gasteiger partial charge is 0.165 e. The van der Waals surface area contributed by atoms with Crippen molar-refractivity contribution in [3.63, 3.8) is 0 Å². The molecule has 0 aliphatic rings. The van der Waals surface area contributed by atoms with Crippen molar-refractivity contribution < 1.29 is 0 Å². The molecule has 1 heterocycles. The van der Waals surface area contributed by atoms with Crippen molar-refractivity contribution in [2.24, 2.45) is 17.9 Å². The highest BCUT2D eigenvalue weighted by Gasteiger charge is 2.12. The quantitative estimate of drug-likeness (QED) is 0.283. The Bertz CT molecular complexity index is 332. The Kier molecular flexibility index (Phi) is 2.85. The molecule has 0 spiro atoms. The highest BCUT2D eigenvalue weighted by molar-refractivity contribution is 5.96. The second kappa shape index (κ2) is 3.75. The number of rotatable bonds is 1. The van der Waals surface area contributed by atoms with Crippen LogP contribution in [0.1, 0.15) is 26.5 Å². The average Bonchev–Trinajstić information content (AvgIpc) is 2.46. The van der Waals surface area contributed by atoms with Crippen LogP contribution in [0.5, 0.6) is 0 Å². The van der Waals surface area contributed by atoms with Crippen LogP contribution in [-0.4, -0.2) is 26.4 Å². The van der Waals surface area contributed by atoms with E-state index >= 15 is 0 Å². The lowest BCUT2D eigenvalue weighted by molar-refractivity contribution is 0.579. The minimum Gasteiger partial charge on any atom is -0.307 e. The van der Waals surface area contributed by atoms with E-state index in [9.17, 15) is 0 Å². The van der Waals surface area contributed by atoms with Gasteiger partial charge in [-0.15, -0.1) is 0 Å². The van der Waals surface area contributed by atoms with E-state index in [1.165, 1.54) is 4.80 Å². The summed E-state index contributed by atoms with van der Waals surface area (Å²) in [6.45, 7) is 5.96. The van der Waals surface area contributed by atoms with E-state index in [0.29, 0.717) is 11.5 Å². The van der Waals surface area contributed by atoms with E-state index in [0.717, 1.165) is 0 Å². The molecule has 0 atom stereocenters. The molecule has 1 aromatic rings. The molecule has 0 bridgehead atoms. The zero-order valence-electron chi connectivity index (χ0n) is 8.94. The third-order valence-corrected chi connectivity index (χ3v) is 1.43. The maximum Gasteiger partial charge on any atom is 0.165 e. The normalized spacial score (nSPS) is 13.1. The number of nitrogens with zero attached hydrogens (tertiary/aromatic N) is 4. The fraction of sp³-hybridized carbons (Fsp3) is 0.625. The first-order chi connectivity index (χ1) is 6.42. The molecule has 6 heteroatoms. The topological polar surface area (TPSA) is 81.1 Å². The molecule has 1 aromatic heterocycles. The van der Waals surface area contributed by atoms with Gasteiger partial charge in [-0.3, -0.25) is 4.99 Å². The highest BCUT2D eigenvalue weighted by Crippen LogP contribution is 2.07. The van der Waals surface area contributed by atoms with E-state index in [2.05, 4.69) is 20.6 Å². The maximum absolute atomic E-state index is 5.36. The van der Waals surface area contributed by atoms with Gasteiger partial charge in [-0.05, 0) is 20.8 Å². The molecule has 0 fully saturated rings. The van der Waals surface area contributed by atoms with Crippen molar-refractivity contribution >= 4 is 5.84 Å². The van der Waals surface area contributed by atoms with Crippen LogP contribution in [0, 0.1) is 0 Å². The number of nitrogens with one attached hydrogen (secondary N) is 1. The molecule has 1 rings (SSSR count). The fourth-order valence-corrected chi connectivity index (χ4v) is 0.953. The first-order valence-electron chi connectivity index (χ1n) is 4.35. The summed E-state index contributed by atoms with van der Waals surface area (Å²) in [5.41, 5.74) is 2.97. The minimum atomic E-state index is -0.195. The van der Waals surface area contributed by atoms with Crippen LogP contribution in [-0.2, 0) is 7.05 Å². The molecule has 6 nitrogen and oxygen atoms in total. The lowest BCUT2D eigenvalue weighted by atomic mass is 10.1. The van der Waals surface area contributed by atoms with Crippen molar-refractivity contribution in [2.75, 3.05) is 0 Å². The third kappa shape index (κ3) is 2.81. The van der Waals surface area contributed by atoms with Gasteiger partial charge < -0.3 is 5.43 Å². The van der Waals surface area contributed by atoms with E-state index < -0.39 is 0 Å². The van der Waals surface area contributed by atoms with E-state index in [-0.39, 0.29) is 5.54 Å². The SMILES string of the molecule is Cn1ncc(C(=NC(C)(C)C)NN)n1. The summed E-state index contributed by atoms with van der Waals surface area (Å²) >= 11 is 0. The molecule has 0 aliphatic heterocycles. The number of hydrogen-bond donors (Lipinski definition) is 2. The molecular formula is C8H16N6. The molecule has 14 heavy (non-hydrogen) atoms. The standard InChI is InChI=1S/C8H16N6/c1-8(2,3)11-7(12-9)6-5-10-14(4)13-6/h5H,9H2,1-4H3,(H,11,12). The van der Waals surface area contributed by atoms with Crippen LogP contribution < -0.4 is 11.3 Å². The Morgan fingerprint density at radius 3 is 2.57 bits per heavy atom. The molecule has 78 valence electrons. The average molecular weight is 196 g/mol. The number of amidine groups is 1. The van der Waals surface area contributed by atoms with Gasteiger partial charge in [0, 0.05) is 7.05 Å². The Labute approximate surface area is 83.2 Å². The molecule has 0 radical (unpaired) electrons. The summed E-state index contributed by atoms with van der Waals surface area (Å²) in [7, 11) is 1.74. The number of nitrogens with two attached hydrogens (primary N) is 1. The fourth-order valence-electron chi connectivity index (χ4n) is 0.953. The number of hydrazine groups is 1. The Morgan fingerprint density at radius 1 is 1.57 bits per heavy atom. The van der Waals surface area contributed by atoms with Crippen molar-refractivity contribution in [3.8, 4) is 0 Å². The summed E-state index contributed by atoms with van der Waals surface area (Å²) < 4.78 is 0. The van der Waals surface area contributed by atoms with Crippen molar-refractivity contribution in [3.05, 3.63) is 11.9 Å². The van der Waals surface area contributed by atoms with Crippen molar-refractivity contribution in [1.29, 1.82) is 0 Å². The van der Waals surface area contributed by atoms with Crippen LogP contribution in [0.2, 0.25) is 0 Å². The van der Waals surface area contributed by atoms with Gasteiger partial charge in [-0.2, -0.15) is 15.0 Å². The monoisotopic (exact) mass is 196 g/mol. The molecular weight excluding hydrogens is 180 g/mol. The summed E-state index contributed by atoms with van der Waals surface area (Å²) in [6, 6.07) is 0. The van der Waals surface area contributed by atoms with Gasteiger partial charge in [0.05, 0.1) is 11.7 Å². The molecule has 0 aromatic carbocycles. The molecule has 0 unspecified atom stereocenters. The van der Waals surface area contributed by atoms with E-state index in [1.807, 2.05) is 20.8 Å². The van der Waals surface area contributed by atoms with E-state index in [1.54, 1.807) is 13.2 Å². The predicted octanol–water partition coefficient (Wildman–Crippen LogP) is -0.176. The number of aliphatic imine (C=N–C) groups is 1. The van der Waals surface area contributed by atoms with E-state index in [4.69, 9.17) is 5.84 Å². The van der Waals surface area contributed by atoms with Gasteiger partial charge in [0.2, 0.25) is 0 Å². The van der Waals surface area contributed by atoms with Crippen molar-refractivity contribution in [2.45, 2.75) is 26.3 Å². The van der Waals surface area contributed by atoms with Crippen LogP contribution in [0.4, 0.5) is 0 Å². The van der Waals surface area contributed by atoms with Crippen LogP contribution in [0.15, 0.2) is 11.2 Å². The van der Waals surface area contributed by atoms with Gasteiger partial charge in [-0.25, -0.2) is 5.84 Å². The Hall–Kier alpha value is -1.43. The zero-order valence-corrected chi connectivity index (χ0v) is 8.94. The minimum absolute atomic E-state index is 0.195. The van der Waals surface area contributed by atoms with Gasteiger partial charge in [-0.1, -0.05) is 0 Å². The third-order valence-electron chi connectivity index (χ3n) is 1.43. The van der Waals surface area contributed by atoms with Crippen molar-refractivity contribution in [1.82, 2.24) is 20.4 Å². The lowest BCUT2D eigenvalue weighted by Crippen LogP contribution is -2.34. The first-order valence-corrected chi connectivity index (χ1v) is 4.35. The van der Waals surface area contributed by atoms with Crippen LogP contribution >= 0.6 is 0 Å². The van der Waals surface area contributed by atoms with Gasteiger partial charge in [0.1, 0.15) is 5.69 Å². The van der Waals surface area contributed by atoms with Gasteiger partial charge >= 0.3 is 0 Å². The molecule has 0 aliphatic carbocycles. The molecule has 0 saturated heterocycles. The molecule has 0 saturated carbocycles. The molecule has 3 N–H and O–H groups in total. The number of hydrogen-bond acceptors (Lipinski definition) is 4. The summed E-state index contributed by atoms with van der Waals surface area (Å²) in [4.78, 5) is 5.84. The van der Waals surface area contributed by atoms with Gasteiger partial charge in [0.25, 0.3) is 0 Å². The number of aryl methyl sites for hydroxylation is 1. The Balaban J connectivity index is 2.99. The van der Waals surface area contributed by atoms with Crippen LogP contribution in [0.3, 0.4) is 0 Å². The predicted molar refractivity (Wildman–Crippen MR) is 54.6 cm³/mol. The lowest BCUT2D eigenvalue weighted by Gasteiger charge is -2.14. The Morgan fingerprint density at radius 2 is 2.21 bits per heavy atom. The summed E-state index contributed by atoms with van der Waals surface area (Å²) in [5, 5.41) is 8.04. The largest absolute Gasteiger partial charge is 0.307 e. The second-order valence-corrected chi connectivity index (χ2v) is 3.99. The van der Waals surface area contributed by atoms with Crippen LogP contribution in [0.25, 0.3) is 0 Å². The number of aromatic nitrogens is 3. The summed E-state index contributed by atoms with van der Waals surface area (Å²) in [6.07, 6.45) is 1.62. The zero-order chi connectivity index (χ0) is 10.8. The maximum atomic E-state index is 5.36.